The van der Waals surface area contributed by atoms with Crippen LogP contribution >= 0.6 is 11.6 Å². The Labute approximate surface area is 105 Å². The highest BCUT2D eigenvalue weighted by Crippen LogP contribution is 2.20. The maximum atomic E-state index is 13.7. The lowest BCUT2D eigenvalue weighted by molar-refractivity contribution is -0.120. The van der Waals surface area contributed by atoms with E-state index in [1.165, 1.54) is 18.2 Å². The highest BCUT2D eigenvalue weighted by Gasteiger charge is 2.21. The van der Waals surface area contributed by atoms with E-state index < -0.39 is 17.8 Å². The lowest BCUT2D eigenvalue weighted by Crippen LogP contribution is -2.36. The van der Waals surface area contributed by atoms with Crippen LogP contribution in [0, 0.1) is 11.7 Å². The van der Waals surface area contributed by atoms with Crippen LogP contribution in [0.2, 0.25) is 5.02 Å². The van der Waals surface area contributed by atoms with Crippen LogP contribution in [0.4, 0.5) is 4.39 Å². The van der Waals surface area contributed by atoms with Gasteiger partial charge in [-0.3, -0.25) is 4.79 Å². The van der Waals surface area contributed by atoms with Crippen LogP contribution in [-0.2, 0) is 4.79 Å². The SMILES string of the molecule is CC(C)CNC(C(N)=O)c1ccc(Cl)cc1F. The van der Waals surface area contributed by atoms with Gasteiger partial charge >= 0.3 is 0 Å². The van der Waals surface area contributed by atoms with Crippen LogP contribution in [0.25, 0.3) is 0 Å². The molecule has 0 bridgehead atoms. The van der Waals surface area contributed by atoms with Crippen LogP contribution in [0.15, 0.2) is 18.2 Å². The normalized spacial score (nSPS) is 12.8. The molecule has 1 atom stereocenters. The summed E-state index contributed by atoms with van der Waals surface area (Å²) in [6.07, 6.45) is 0. The van der Waals surface area contributed by atoms with Crippen molar-refractivity contribution >= 4 is 17.5 Å². The molecule has 0 fully saturated rings. The van der Waals surface area contributed by atoms with Crippen molar-refractivity contribution in [1.29, 1.82) is 0 Å². The van der Waals surface area contributed by atoms with Gasteiger partial charge in [-0.15, -0.1) is 0 Å². The zero-order valence-corrected chi connectivity index (χ0v) is 10.6. The lowest BCUT2D eigenvalue weighted by atomic mass is 10.0. The number of carbonyl (C=O) groups is 1. The Morgan fingerprint density at radius 3 is 2.65 bits per heavy atom. The number of hydrogen-bond acceptors (Lipinski definition) is 2. The third kappa shape index (κ3) is 3.98. The fourth-order valence-corrected chi connectivity index (χ4v) is 1.61. The first kappa shape index (κ1) is 13.9. The molecule has 0 aliphatic carbocycles. The maximum absolute atomic E-state index is 13.7. The number of carbonyl (C=O) groups excluding carboxylic acids is 1. The van der Waals surface area contributed by atoms with Gasteiger partial charge in [0.1, 0.15) is 11.9 Å². The molecule has 0 heterocycles. The fourth-order valence-electron chi connectivity index (χ4n) is 1.45. The smallest absolute Gasteiger partial charge is 0.239 e. The molecule has 1 rings (SSSR count). The van der Waals surface area contributed by atoms with E-state index in [1.54, 1.807) is 0 Å². The summed E-state index contributed by atoms with van der Waals surface area (Å²) in [6.45, 7) is 4.56. The molecule has 1 amide bonds. The molecule has 5 heteroatoms. The number of primary amides is 1. The number of nitrogens with one attached hydrogen (secondary N) is 1. The highest BCUT2D eigenvalue weighted by molar-refractivity contribution is 6.30. The summed E-state index contributed by atoms with van der Waals surface area (Å²) in [5.41, 5.74) is 5.49. The molecule has 17 heavy (non-hydrogen) atoms. The Morgan fingerprint density at radius 2 is 2.18 bits per heavy atom. The van der Waals surface area contributed by atoms with Crippen molar-refractivity contribution in [3.05, 3.63) is 34.6 Å². The molecule has 0 radical (unpaired) electrons. The predicted octanol–water partition coefficient (Wildman–Crippen LogP) is 2.25. The van der Waals surface area contributed by atoms with Crippen LogP contribution in [0.3, 0.4) is 0 Å². The molecule has 0 aliphatic rings. The van der Waals surface area contributed by atoms with E-state index in [4.69, 9.17) is 17.3 Å². The number of hydrogen-bond donors (Lipinski definition) is 2. The monoisotopic (exact) mass is 258 g/mol. The Morgan fingerprint density at radius 1 is 1.53 bits per heavy atom. The van der Waals surface area contributed by atoms with Crippen LogP contribution in [0.5, 0.6) is 0 Å². The second-order valence-electron chi connectivity index (χ2n) is 4.30. The minimum atomic E-state index is -0.824. The average Bonchev–Trinajstić information content (AvgIpc) is 2.20. The number of benzene rings is 1. The highest BCUT2D eigenvalue weighted by atomic mass is 35.5. The number of nitrogens with two attached hydrogens (primary N) is 1. The van der Waals surface area contributed by atoms with Gasteiger partial charge in [-0.05, 0) is 24.6 Å². The molecular formula is C12H16ClFN2O. The Balaban J connectivity index is 2.93. The van der Waals surface area contributed by atoms with Gasteiger partial charge in [0.15, 0.2) is 0 Å². The second kappa shape index (κ2) is 5.98. The summed E-state index contributed by atoms with van der Waals surface area (Å²) in [7, 11) is 0. The van der Waals surface area contributed by atoms with Crippen molar-refractivity contribution < 1.29 is 9.18 Å². The molecule has 3 N–H and O–H groups in total. The molecule has 0 saturated carbocycles. The predicted molar refractivity (Wildman–Crippen MR) is 66.2 cm³/mol. The third-order valence-electron chi connectivity index (χ3n) is 2.29. The molecule has 1 aromatic carbocycles. The van der Waals surface area contributed by atoms with Gasteiger partial charge in [-0.25, -0.2) is 4.39 Å². The first-order valence-corrected chi connectivity index (χ1v) is 5.77. The zero-order chi connectivity index (χ0) is 13.0. The van der Waals surface area contributed by atoms with Crippen molar-refractivity contribution in [2.24, 2.45) is 11.7 Å². The molecule has 0 saturated heterocycles. The van der Waals surface area contributed by atoms with E-state index in [0.29, 0.717) is 17.5 Å². The minimum absolute atomic E-state index is 0.225. The second-order valence-corrected chi connectivity index (χ2v) is 4.74. The van der Waals surface area contributed by atoms with Crippen molar-refractivity contribution in [2.45, 2.75) is 19.9 Å². The Kier molecular flexibility index (Phi) is 4.90. The van der Waals surface area contributed by atoms with Crippen LogP contribution in [-0.4, -0.2) is 12.5 Å². The van der Waals surface area contributed by atoms with E-state index in [1.807, 2.05) is 13.8 Å². The zero-order valence-electron chi connectivity index (χ0n) is 9.84. The van der Waals surface area contributed by atoms with Crippen molar-refractivity contribution in [1.82, 2.24) is 5.32 Å². The van der Waals surface area contributed by atoms with E-state index >= 15 is 0 Å². The number of halogens is 2. The van der Waals surface area contributed by atoms with Crippen LogP contribution in [0.1, 0.15) is 25.5 Å². The van der Waals surface area contributed by atoms with Gasteiger partial charge in [0.05, 0.1) is 0 Å². The molecule has 1 unspecified atom stereocenters. The molecule has 1 aromatic rings. The fraction of sp³-hybridized carbons (Fsp3) is 0.417. The van der Waals surface area contributed by atoms with Crippen molar-refractivity contribution in [2.75, 3.05) is 6.54 Å². The van der Waals surface area contributed by atoms with Gasteiger partial charge in [0, 0.05) is 10.6 Å². The summed E-state index contributed by atoms with van der Waals surface area (Å²) in [6, 6.07) is 3.35. The van der Waals surface area contributed by atoms with Crippen LogP contribution < -0.4 is 11.1 Å². The molecule has 0 aromatic heterocycles. The maximum Gasteiger partial charge on any atom is 0.239 e. The van der Waals surface area contributed by atoms with Gasteiger partial charge < -0.3 is 11.1 Å². The van der Waals surface area contributed by atoms with Gasteiger partial charge in [-0.1, -0.05) is 31.5 Å². The van der Waals surface area contributed by atoms with E-state index in [0.717, 1.165) is 0 Å². The standard InChI is InChI=1S/C12H16ClFN2O/c1-7(2)6-16-11(12(15)17)9-4-3-8(13)5-10(9)14/h3-5,7,11,16H,6H2,1-2H3,(H2,15,17). The van der Waals surface area contributed by atoms with Gasteiger partial charge in [0.2, 0.25) is 5.91 Å². The number of rotatable bonds is 5. The van der Waals surface area contributed by atoms with E-state index in [-0.39, 0.29) is 5.56 Å². The molecule has 94 valence electrons. The quantitative estimate of drug-likeness (QED) is 0.851. The minimum Gasteiger partial charge on any atom is -0.368 e. The van der Waals surface area contributed by atoms with Gasteiger partial charge in [-0.2, -0.15) is 0 Å². The summed E-state index contributed by atoms with van der Waals surface area (Å²) in [5.74, 6) is -0.795. The van der Waals surface area contributed by atoms with E-state index in [9.17, 15) is 9.18 Å². The summed E-state index contributed by atoms with van der Waals surface area (Å²) in [4.78, 5) is 11.3. The first-order chi connectivity index (χ1) is 7.91. The van der Waals surface area contributed by atoms with Gasteiger partial charge in [0.25, 0.3) is 0 Å². The Hall–Kier alpha value is -1.13. The third-order valence-corrected chi connectivity index (χ3v) is 2.52. The topological polar surface area (TPSA) is 55.1 Å². The number of amides is 1. The van der Waals surface area contributed by atoms with E-state index in [2.05, 4.69) is 5.32 Å². The first-order valence-electron chi connectivity index (χ1n) is 5.39. The summed E-state index contributed by atoms with van der Waals surface area (Å²) in [5, 5.41) is 3.23. The molecular weight excluding hydrogens is 243 g/mol. The molecule has 0 aliphatic heterocycles. The summed E-state index contributed by atoms with van der Waals surface area (Å²) >= 11 is 5.65. The molecule has 3 nitrogen and oxygen atoms in total. The van der Waals surface area contributed by atoms with Crippen molar-refractivity contribution in [3.63, 3.8) is 0 Å². The molecule has 0 spiro atoms. The van der Waals surface area contributed by atoms with Crippen molar-refractivity contribution in [3.8, 4) is 0 Å². The average molecular weight is 259 g/mol. The lowest BCUT2D eigenvalue weighted by Gasteiger charge is -2.18. The summed E-state index contributed by atoms with van der Waals surface area (Å²) < 4.78 is 13.7. The largest absolute Gasteiger partial charge is 0.368 e. The Bertz CT molecular complexity index is 409.